The average Bonchev–Trinajstić information content (AvgIpc) is 2.56. The summed E-state index contributed by atoms with van der Waals surface area (Å²) in [6, 6.07) is 0. The Morgan fingerprint density at radius 1 is 1.56 bits per heavy atom. The number of rotatable bonds is 6. The van der Waals surface area contributed by atoms with Crippen LogP contribution in [0.4, 0.5) is 0 Å². The Kier molecular flexibility index (Phi) is 5.18. The van der Waals surface area contributed by atoms with Gasteiger partial charge in [0.2, 0.25) is 0 Å². The van der Waals surface area contributed by atoms with Crippen LogP contribution in [0.1, 0.15) is 13.8 Å². The first-order valence-electron chi connectivity index (χ1n) is 5.75. The summed E-state index contributed by atoms with van der Waals surface area (Å²) in [5, 5.41) is 18.6. The molecule has 0 spiro atoms. The van der Waals surface area contributed by atoms with E-state index in [4.69, 9.17) is 9.84 Å². The quantitative estimate of drug-likeness (QED) is 0.675. The molecule has 0 saturated carbocycles. The predicted molar refractivity (Wildman–Crippen MR) is 59.2 cm³/mol. The van der Waals surface area contributed by atoms with Gasteiger partial charge in [0.25, 0.3) is 0 Å². The highest BCUT2D eigenvalue weighted by molar-refractivity contribution is 5.71. The van der Waals surface area contributed by atoms with Crippen LogP contribution in [0.25, 0.3) is 0 Å². The van der Waals surface area contributed by atoms with E-state index < -0.39 is 12.1 Å². The second kappa shape index (κ2) is 6.18. The Hall–Kier alpha value is -0.650. The van der Waals surface area contributed by atoms with Crippen LogP contribution in [0.5, 0.6) is 0 Å². The lowest BCUT2D eigenvalue weighted by atomic mass is 9.99. The highest BCUT2D eigenvalue weighted by Crippen LogP contribution is 2.23. The third-order valence-electron chi connectivity index (χ3n) is 2.99. The number of carboxylic acids is 1. The van der Waals surface area contributed by atoms with Crippen LogP contribution in [0.15, 0.2) is 0 Å². The first-order chi connectivity index (χ1) is 7.54. The summed E-state index contributed by atoms with van der Waals surface area (Å²) in [5.74, 6) is -0.898. The molecule has 0 aliphatic carbocycles. The van der Waals surface area contributed by atoms with E-state index in [9.17, 15) is 9.90 Å². The van der Waals surface area contributed by atoms with Crippen LogP contribution in [0, 0.1) is 11.8 Å². The van der Waals surface area contributed by atoms with Crippen molar-refractivity contribution in [1.82, 2.24) is 4.90 Å². The molecule has 1 fully saturated rings. The van der Waals surface area contributed by atoms with E-state index in [1.165, 1.54) is 0 Å². The number of nitrogens with zero attached hydrogens (tertiary/aromatic N) is 1. The van der Waals surface area contributed by atoms with Crippen molar-refractivity contribution < 1.29 is 19.7 Å². The summed E-state index contributed by atoms with van der Waals surface area (Å²) in [7, 11) is 0. The molecule has 16 heavy (non-hydrogen) atoms. The molecule has 1 aliphatic heterocycles. The van der Waals surface area contributed by atoms with Gasteiger partial charge in [0.1, 0.15) is 0 Å². The summed E-state index contributed by atoms with van der Waals surface area (Å²) < 4.78 is 5.11. The number of likely N-dealkylation sites (tertiary alicyclic amines) is 1. The van der Waals surface area contributed by atoms with Crippen molar-refractivity contribution in [2.45, 2.75) is 20.0 Å². The number of hydrogen-bond acceptors (Lipinski definition) is 4. The second-order valence-electron chi connectivity index (χ2n) is 4.45. The predicted octanol–water partition coefficient (Wildman–Crippen LogP) is 0.0363. The molecule has 1 aliphatic rings. The first kappa shape index (κ1) is 13.4. The molecule has 0 aromatic rings. The molecule has 0 radical (unpaired) electrons. The smallest absolute Gasteiger partial charge is 0.308 e. The molecule has 1 rings (SSSR count). The molecule has 3 atom stereocenters. The Balaban J connectivity index is 2.32. The molecular weight excluding hydrogens is 210 g/mol. The Bertz CT molecular complexity index is 234. The lowest BCUT2D eigenvalue weighted by Gasteiger charge is -2.19. The van der Waals surface area contributed by atoms with Crippen LogP contribution >= 0.6 is 0 Å². The van der Waals surface area contributed by atoms with Crippen molar-refractivity contribution in [2.75, 3.05) is 32.8 Å². The van der Waals surface area contributed by atoms with Gasteiger partial charge in [0.15, 0.2) is 0 Å². The molecule has 0 aromatic heterocycles. The van der Waals surface area contributed by atoms with Gasteiger partial charge in [-0.05, 0) is 12.8 Å². The number of carbonyl (C=O) groups is 1. The zero-order valence-corrected chi connectivity index (χ0v) is 9.93. The summed E-state index contributed by atoms with van der Waals surface area (Å²) in [4.78, 5) is 12.9. The van der Waals surface area contributed by atoms with Gasteiger partial charge in [0, 0.05) is 26.2 Å². The zero-order valence-electron chi connectivity index (χ0n) is 9.93. The molecule has 0 bridgehead atoms. The molecule has 2 N–H and O–H groups in total. The van der Waals surface area contributed by atoms with Crippen molar-refractivity contribution >= 4 is 5.97 Å². The normalized spacial score (nSPS) is 28.2. The van der Waals surface area contributed by atoms with Crippen LogP contribution in [0.2, 0.25) is 0 Å². The van der Waals surface area contributed by atoms with Crippen molar-refractivity contribution in [2.24, 2.45) is 11.8 Å². The van der Waals surface area contributed by atoms with Crippen LogP contribution in [0.3, 0.4) is 0 Å². The largest absolute Gasteiger partial charge is 0.481 e. The Labute approximate surface area is 96.0 Å². The third-order valence-corrected chi connectivity index (χ3v) is 2.99. The van der Waals surface area contributed by atoms with E-state index in [1.807, 2.05) is 18.7 Å². The summed E-state index contributed by atoms with van der Waals surface area (Å²) in [6.07, 6.45) is -0.528. The molecular formula is C11H21NO4. The minimum absolute atomic E-state index is 0.150. The SMILES string of the molecule is CCOCC(O)CN1CC(C)C(C(=O)O)C1. The lowest BCUT2D eigenvalue weighted by molar-refractivity contribution is -0.142. The van der Waals surface area contributed by atoms with Crippen LogP contribution in [-0.2, 0) is 9.53 Å². The van der Waals surface area contributed by atoms with Gasteiger partial charge >= 0.3 is 5.97 Å². The maximum atomic E-state index is 10.9. The summed E-state index contributed by atoms with van der Waals surface area (Å²) >= 11 is 0. The number of aliphatic hydroxyl groups excluding tert-OH is 1. The molecule has 0 amide bonds. The van der Waals surface area contributed by atoms with E-state index in [0.717, 1.165) is 6.54 Å². The Morgan fingerprint density at radius 3 is 2.75 bits per heavy atom. The van der Waals surface area contributed by atoms with Gasteiger partial charge in [0.05, 0.1) is 18.6 Å². The van der Waals surface area contributed by atoms with Crippen molar-refractivity contribution in [3.63, 3.8) is 0 Å². The lowest BCUT2D eigenvalue weighted by Crippen LogP contribution is -2.34. The molecule has 3 unspecified atom stereocenters. The fourth-order valence-corrected chi connectivity index (χ4v) is 2.14. The third kappa shape index (κ3) is 3.73. The van der Waals surface area contributed by atoms with Gasteiger partial charge in [-0.15, -0.1) is 0 Å². The van der Waals surface area contributed by atoms with Gasteiger partial charge < -0.3 is 14.9 Å². The van der Waals surface area contributed by atoms with E-state index in [0.29, 0.717) is 26.3 Å². The zero-order chi connectivity index (χ0) is 12.1. The van der Waals surface area contributed by atoms with E-state index >= 15 is 0 Å². The van der Waals surface area contributed by atoms with Crippen LogP contribution < -0.4 is 0 Å². The van der Waals surface area contributed by atoms with Crippen molar-refractivity contribution in [1.29, 1.82) is 0 Å². The number of aliphatic hydroxyl groups is 1. The maximum Gasteiger partial charge on any atom is 0.308 e. The van der Waals surface area contributed by atoms with E-state index in [2.05, 4.69) is 0 Å². The number of carboxylic acid groups (broad SMARTS) is 1. The molecule has 5 nitrogen and oxygen atoms in total. The van der Waals surface area contributed by atoms with Gasteiger partial charge in [-0.3, -0.25) is 9.69 Å². The number of β-amino-alcohol motifs (C(OH)–C–C–N with tert-alkyl or cyclic N) is 1. The van der Waals surface area contributed by atoms with E-state index in [1.54, 1.807) is 0 Å². The number of hydrogen-bond donors (Lipinski definition) is 2. The van der Waals surface area contributed by atoms with Gasteiger partial charge in [-0.2, -0.15) is 0 Å². The minimum Gasteiger partial charge on any atom is -0.481 e. The minimum atomic E-state index is -0.741. The van der Waals surface area contributed by atoms with Crippen molar-refractivity contribution in [3.05, 3.63) is 0 Å². The fraction of sp³-hybridized carbons (Fsp3) is 0.909. The van der Waals surface area contributed by atoms with E-state index in [-0.39, 0.29) is 11.8 Å². The first-order valence-corrected chi connectivity index (χ1v) is 5.75. The maximum absolute atomic E-state index is 10.9. The topological polar surface area (TPSA) is 70.0 Å². The fourth-order valence-electron chi connectivity index (χ4n) is 2.14. The summed E-state index contributed by atoms with van der Waals surface area (Å²) in [5.41, 5.74) is 0. The highest BCUT2D eigenvalue weighted by atomic mass is 16.5. The summed E-state index contributed by atoms with van der Waals surface area (Å²) in [6.45, 7) is 6.48. The molecule has 0 aromatic carbocycles. The average molecular weight is 231 g/mol. The molecule has 94 valence electrons. The van der Waals surface area contributed by atoms with Crippen molar-refractivity contribution in [3.8, 4) is 0 Å². The number of aliphatic carboxylic acids is 1. The molecule has 1 saturated heterocycles. The molecule has 1 heterocycles. The highest BCUT2D eigenvalue weighted by Gasteiger charge is 2.35. The second-order valence-corrected chi connectivity index (χ2v) is 4.45. The molecule has 5 heteroatoms. The van der Waals surface area contributed by atoms with Gasteiger partial charge in [-0.25, -0.2) is 0 Å². The van der Waals surface area contributed by atoms with Gasteiger partial charge in [-0.1, -0.05) is 6.92 Å². The van der Waals surface area contributed by atoms with Crippen LogP contribution in [-0.4, -0.2) is 60.0 Å². The monoisotopic (exact) mass is 231 g/mol. The number of ether oxygens (including phenoxy) is 1. The Morgan fingerprint density at radius 2 is 2.25 bits per heavy atom. The standard InChI is InChI=1S/C11H21NO4/c1-3-16-7-9(13)5-12-4-8(2)10(6-12)11(14)15/h8-10,13H,3-7H2,1-2H3,(H,14,15).